The smallest absolute Gasteiger partial charge is 0.335 e. The summed E-state index contributed by atoms with van der Waals surface area (Å²) in [5.74, 6) is -0.0450. The molecule has 0 bridgehead atoms. The molecule has 56 heavy (non-hydrogen) atoms. The number of halogens is 2. The molecule has 10 nitrogen and oxygen atoms in total. The van der Waals surface area contributed by atoms with E-state index in [0.29, 0.717) is 42.1 Å². The zero-order valence-corrected chi connectivity index (χ0v) is 34.5. The molecule has 6 aromatic rings. The standard InChI is InChI=1S/C44H48Cl2N6O4/c1-24-18-31(19-25(2)39(24)45)56-17-9-12-33-32-10-8-11-34(38-26(3)47-49(7)27(38)4)40(32)51-28(5)42(46)52(43(53)41(33)51)37-23-50(22-29-15-16-48(6)21-29)36-14-13-30(44(54)55)20-35(36)37/h8,10-11,13-14,18-20,23,28-29,42H,9,12,15-17,21-22H2,1-7H3,(H,54,55)/t28?,29-,42-/m0/s1. The molecule has 0 radical (unpaired) electrons. The highest BCUT2D eigenvalue weighted by molar-refractivity contribution is 6.32. The van der Waals surface area contributed by atoms with Crippen molar-refractivity contribution >= 4 is 62.6 Å². The van der Waals surface area contributed by atoms with Gasteiger partial charge in [-0.1, -0.05) is 41.4 Å². The molecule has 0 aliphatic carbocycles. The summed E-state index contributed by atoms with van der Waals surface area (Å²) in [5.41, 5.74) is 9.26. The Bertz CT molecular complexity index is 2530. The number of benzene rings is 3. The van der Waals surface area contributed by atoms with Gasteiger partial charge in [-0.3, -0.25) is 14.4 Å². The number of nitrogens with zero attached hydrogens (tertiary/aromatic N) is 6. The van der Waals surface area contributed by atoms with Crippen LogP contribution in [0.3, 0.4) is 0 Å². The zero-order chi connectivity index (χ0) is 39.7. The molecular formula is C44H48Cl2N6O4. The van der Waals surface area contributed by atoms with Gasteiger partial charge in [-0.15, -0.1) is 0 Å². The summed E-state index contributed by atoms with van der Waals surface area (Å²) < 4.78 is 12.5. The first-order valence-corrected chi connectivity index (χ1v) is 20.1. The molecule has 1 fully saturated rings. The van der Waals surface area contributed by atoms with Gasteiger partial charge in [-0.05, 0) is 120 Å². The highest BCUT2D eigenvalue weighted by atomic mass is 35.5. The first-order valence-electron chi connectivity index (χ1n) is 19.3. The van der Waals surface area contributed by atoms with Gasteiger partial charge < -0.3 is 23.9 Å². The van der Waals surface area contributed by atoms with Gasteiger partial charge in [0.25, 0.3) is 5.91 Å². The van der Waals surface area contributed by atoms with Crippen LogP contribution in [0, 0.1) is 33.6 Å². The van der Waals surface area contributed by atoms with E-state index in [1.54, 1.807) is 17.0 Å². The van der Waals surface area contributed by atoms with Crippen LogP contribution >= 0.6 is 23.2 Å². The number of hydrogen-bond acceptors (Lipinski definition) is 5. The highest BCUT2D eigenvalue weighted by Gasteiger charge is 2.42. The molecular weight excluding hydrogens is 747 g/mol. The molecule has 12 heteroatoms. The maximum atomic E-state index is 15.4. The van der Waals surface area contributed by atoms with Crippen LogP contribution in [-0.2, 0) is 20.0 Å². The lowest BCUT2D eigenvalue weighted by molar-refractivity contribution is 0.0696. The second-order valence-corrected chi connectivity index (χ2v) is 16.6. The van der Waals surface area contributed by atoms with Crippen molar-refractivity contribution in [3.8, 4) is 16.9 Å². The molecule has 0 spiro atoms. The number of carbonyl (C=O) groups excluding carboxylic acids is 1. The van der Waals surface area contributed by atoms with Crippen LogP contribution in [0.1, 0.15) is 74.7 Å². The number of likely N-dealkylation sites (tertiary alicyclic amines) is 1. The molecule has 3 aromatic heterocycles. The molecule has 0 saturated carbocycles. The number of aromatic nitrogens is 4. The van der Waals surface area contributed by atoms with Crippen molar-refractivity contribution in [2.75, 3.05) is 31.6 Å². The Morgan fingerprint density at radius 1 is 1.04 bits per heavy atom. The van der Waals surface area contributed by atoms with Gasteiger partial charge in [-0.2, -0.15) is 5.10 Å². The number of aromatic carboxylic acids is 1. The first-order chi connectivity index (χ1) is 26.7. The number of carboxylic acid groups (broad SMARTS) is 1. The third-order valence-electron chi connectivity index (χ3n) is 11.9. The highest BCUT2D eigenvalue weighted by Crippen LogP contribution is 2.46. The van der Waals surface area contributed by atoms with Crippen LogP contribution < -0.4 is 9.64 Å². The minimum absolute atomic E-state index is 0.161. The van der Waals surface area contributed by atoms with Crippen molar-refractivity contribution in [1.82, 2.24) is 23.8 Å². The van der Waals surface area contributed by atoms with Crippen molar-refractivity contribution in [1.29, 1.82) is 0 Å². The van der Waals surface area contributed by atoms with E-state index in [1.807, 2.05) is 56.9 Å². The van der Waals surface area contributed by atoms with Crippen LogP contribution in [0.5, 0.6) is 5.75 Å². The van der Waals surface area contributed by atoms with Crippen molar-refractivity contribution < 1.29 is 19.4 Å². The number of rotatable bonds is 10. The van der Waals surface area contributed by atoms with Crippen LogP contribution in [0.2, 0.25) is 5.02 Å². The molecule has 3 atom stereocenters. The summed E-state index contributed by atoms with van der Waals surface area (Å²) >= 11 is 13.9. The summed E-state index contributed by atoms with van der Waals surface area (Å²) in [6.45, 7) is 13.3. The van der Waals surface area contributed by atoms with Crippen molar-refractivity contribution in [3.05, 3.63) is 99.1 Å². The average molecular weight is 796 g/mol. The van der Waals surface area contributed by atoms with Crippen molar-refractivity contribution in [2.45, 2.75) is 72.0 Å². The number of ether oxygens (including phenoxy) is 1. The van der Waals surface area contributed by atoms with E-state index >= 15 is 4.79 Å². The molecule has 292 valence electrons. The molecule has 1 amide bonds. The number of fused-ring (bicyclic) bond motifs is 4. The first kappa shape index (κ1) is 38.1. The predicted octanol–water partition coefficient (Wildman–Crippen LogP) is 9.33. The lowest BCUT2D eigenvalue weighted by Gasteiger charge is -2.38. The number of aryl methyl sites for hydroxylation is 5. The van der Waals surface area contributed by atoms with E-state index in [1.165, 1.54) is 0 Å². The molecule has 1 saturated heterocycles. The van der Waals surface area contributed by atoms with Crippen molar-refractivity contribution in [2.24, 2.45) is 13.0 Å². The maximum Gasteiger partial charge on any atom is 0.335 e. The summed E-state index contributed by atoms with van der Waals surface area (Å²) in [6, 6.07) is 15.0. The fourth-order valence-electron chi connectivity index (χ4n) is 9.13. The Labute approximate surface area is 337 Å². The summed E-state index contributed by atoms with van der Waals surface area (Å²) in [6.07, 6.45) is 4.31. The Hall–Kier alpha value is -4.77. The van der Waals surface area contributed by atoms with E-state index in [4.69, 9.17) is 33.0 Å². The van der Waals surface area contributed by atoms with Gasteiger partial charge in [-0.25, -0.2) is 4.79 Å². The minimum Gasteiger partial charge on any atom is -0.494 e. The number of carbonyl (C=O) groups is 2. The molecule has 2 aliphatic rings. The summed E-state index contributed by atoms with van der Waals surface area (Å²) in [4.78, 5) is 31.7. The van der Waals surface area contributed by atoms with E-state index in [2.05, 4.69) is 53.1 Å². The predicted molar refractivity (Wildman–Crippen MR) is 224 cm³/mol. The Balaban J connectivity index is 1.26. The lowest BCUT2D eigenvalue weighted by Crippen LogP contribution is -2.47. The average Bonchev–Trinajstić information content (AvgIpc) is 3.90. The number of amides is 1. The van der Waals surface area contributed by atoms with Gasteiger partial charge >= 0.3 is 5.97 Å². The number of para-hydroxylation sites is 1. The second kappa shape index (κ2) is 14.6. The summed E-state index contributed by atoms with van der Waals surface area (Å²) in [7, 11) is 4.08. The fraction of sp³-hybridized carbons (Fsp3) is 0.386. The van der Waals surface area contributed by atoms with Crippen LogP contribution in [-0.4, -0.2) is 73.0 Å². The van der Waals surface area contributed by atoms with Gasteiger partial charge in [0, 0.05) is 58.9 Å². The molecule has 3 aromatic carbocycles. The zero-order valence-electron chi connectivity index (χ0n) is 33.0. The van der Waals surface area contributed by atoms with Crippen LogP contribution in [0.4, 0.5) is 5.69 Å². The molecule has 1 unspecified atom stereocenters. The Morgan fingerprint density at radius 2 is 1.79 bits per heavy atom. The molecule has 5 heterocycles. The van der Waals surface area contributed by atoms with E-state index in [0.717, 1.165) is 92.5 Å². The molecule has 8 rings (SSSR count). The van der Waals surface area contributed by atoms with Crippen LogP contribution in [0.25, 0.3) is 32.9 Å². The molecule has 1 N–H and O–H groups in total. The van der Waals surface area contributed by atoms with Gasteiger partial charge in [0.2, 0.25) is 0 Å². The van der Waals surface area contributed by atoms with Gasteiger partial charge in [0.1, 0.15) is 16.9 Å². The number of hydrogen-bond donors (Lipinski definition) is 1. The number of alkyl halides is 1. The monoisotopic (exact) mass is 794 g/mol. The molecule has 2 aliphatic heterocycles. The van der Waals surface area contributed by atoms with Gasteiger partial charge in [0.05, 0.1) is 40.6 Å². The Morgan fingerprint density at radius 3 is 2.45 bits per heavy atom. The minimum atomic E-state index is -1.02. The third-order valence-corrected chi connectivity index (χ3v) is 13.1. The quantitative estimate of drug-likeness (QED) is 0.0844. The van der Waals surface area contributed by atoms with Crippen LogP contribution in [0.15, 0.2) is 54.7 Å². The number of carboxylic acids is 1. The topological polar surface area (TPSA) is 97.8 Å². The third kappa shape index (κ3) is 6.36. The lowest BCUT2D eigenvalue weighted by atomic mass is 9.98. The van der Waals surface area contributed by atoms with Gasteiger partial charge in [0.15, 0.2) is 0 Å². The van der Waals surface area contributed by atoms with E-state index in [9.17, 15) is 9.90 Å². The fourth-order valence-corrected chi connectivity index (χ4v) is 9.55. The van der Waals surface area contributed by atoms with E-state index < -0.39 is 11.5 Å². The summed E-state index contributed by atoms with van der Waals surface area (Å²) in [5, 5.41) is 17.2. The SMILES string of the molecule is Cc1cc(OCCCc2c3n(c4c(-c5c(C)nn(C)c5C)cccc24)C(C)[C@@H](Cl)N(c2cn(C[C@H]4CCN(C)C4)c4ccc(C(=O)O)cc24)C3=O)cc(C)c1Cl. The maximum absolute atomic E-state index is 15.4. The van der Waals surface area contributed by atoms with Crippen molar-refractivity contribution in [3.63, 3.8) is 0 Å². The number of anilines is 1. The Kier molecular flexibility index (Phi) is 9.96. The normalized spacial score (nSPS) is 18.8. The van der Waals surface area contributed by atoms with E-state index in [-0.39, 0.29) is 17.5 Å². The second-order valence-electron chi connectivity index (χ2n) is 15.8. The largest absolute Gasteiger partial charge is 0.494 e.